The van der Waals surface area contributed by atoms with Gasteiger partial charge in [-0.15, -0.1) is 5.10 Å². The first-order valence-corrected chi connectivity index (χ1v) is 19.2. The van der Waals surface area contributed by atoms with Crippen LogP contribution < -0.4 is 5.69 Å². The Hall–Kier alpha value is -1.02. The van der Waals surface area contributed by atoms with Gasteiger partial charge in [0, 0.05) is 35.4 Å². The molecule has 1 aliphatic carbocycles. The van der Waals surface area contributed by atoms with Crippen LogP contribution in [0.1, 0.15) is 18.9 Å². The lowest BCUT2D eigenvalue weighted by molar-refractivity contribution is 0.0756. The van der Waals surface area contributed by atoms with Crippen molar-refractivity contribution in [1.29, 1.82) is 0 Å². The average molecular weight is 531 g/mol. The van der Waals surface area contributed by atoms with Crippen molar-refractivity contribution in [2.75, 3.05) is 13.2 Å². The van der Waals surface area contributed by atoms with Crippen LogP contribution in [0.25, 0.3) is 11.5 Å². The molecule has 0 aliphatic heterocycles. The molecule has 2 heterocycles. The molecule has 0 N–H and O–H groups in total. The van der Waals surface area contributed by atoms with Crippen molar-refractivity contribution in [2.45, 2.75) is 83.7 Å². The second kappa shape index (κ2) is 9.86. The van der Waals surface area contributed by atoms with Crippen LogP contribution in [-0.4, -0.2) is 53.3 Å². The van der Waals surface area contributed by atoms with Crippen molar-refractivity contribution in [3.63, 3.8) is 0 Å². The largest absolute Gasteiger partial charge is 0.361 e. The van der Waals surface area contributed by atoms with Crippen LogP contribution in [0.5, 0.6) is 0 Å². The molecule has 174 valence electrons. The molecule has 0 atom stereocenters. The van der Waals surface area contributed by atoms with Crippen molar-refractivity contribution in [1.82, 2.24) is 23.9 Å². The van der Waals surface area contributed by atoms with Crippen LogP contribution in [0.4, 0.5) is 0 Å². The van der Waals surface area contributed by atoms with E-state index in [9.17, 15) is 4.79 Å². The Bertz CT molecular complexity index is 938. The van der Waals surface area contributed by atoms with E-state index in [-0.39, 0.29) is 18.5 Å². The van der Waals surface area contributed by atoms with Gasteiger partial charge < -0.3 is 14.0 Å². The van der Waals surface area contributed by atoms with E-state index in [2.05, 4.69) is 65.3 Å². The summed E-state index contributed by atoms with van der Waals surface area (Å²) >= 11 is 3.64. The van der Waals surface area contributed by atoms with Gasteiger partial charge in [0.1, 0.15) is 23.8 Å². The van der Waals surface area contributed by atoms with Gasteiger partial charge >= 0.3 is 5.69 Å². The van der Waals surface area contributed by atoms with E-state index < -0.39 is 16.1 Å². The van der Waals surface area contributed by atoms with Gasteiger partial charge in [0.25, 0.3) is 0 Å². The van der Waals surface area contributed by atoms with Gasteiger partial charge in [0.05, 0.1) is 6.33 Å². The summed E-state index contributed by atoms with van der Waals surface area (Å²) in [6, 6.07) is 2.38. The topological polar surface area (TPSA) is 76.1 Å². The van der Waals surface area contributed by atoms with Crippen molar-refractivity contribution in [3.8, 4) is 11.5 Å². The highest BCUT2D eigenvalue weighted by atomic mass is 79.9. The Morgan fingerprint density at radius 2 is 1.61 bits per heavy atom. The molecule has 3 rings (SSSR count). The maximum absolute atomic E-state index is 13.0. The van der Waals surface area contributed by atoms with Gasteiger partial charge in [-0.05, 0) is 40.9 Å². The van der Waals surface area contributed by atoms with Crippen LogP contribution in [0.2, 0.25) is 51.4 Å². The Morgan fingerprint density at radius 1 is 1.03 bits per heavy atom. The van der Waals surface area contributed by atoms with Gasteiger partial charge in [0.15, 0.2) is 5.82 Å². The number of imidazole rings is 1. The van der Waals surface area contributed by atoms with Crippen molar-refractivity contribution in [2.24, 2.45) is 0 Å². The number of halogens is 1. The fourth-order valence-electron chi connectivity index (χ4n) is 3.01. The maximum Gasteiger partial charge on any atom is 0.348 e. The molecule has 2 aromatic heterocycles. The first-order chi connectivity index (χ1) is 14.5. The van der Waals surface area contributed by atoms with Crippen LogP contribution in [0.15, 0.2) is 15.7 Å². The zero-order valence-electron chi connectivity index (χ0n) is 19.7. The van der Waals surface area contributed by atoms with E-state index in [0.717, 1.165) is 36.1 Å². The summed E-state index contributed by atoms with van der Waals surface area (Å²) in [5, 5.41) is 4.59. The van der Waals surface area contributed by atoms with Crippen LogP contribution in [0, 0.1) is 0 Å². The SMILES string of the molecule is C[Si](C)(C)CCOCn1cnc(-c2nn(COCC[Si](C)(C)C)c(=O)n2C2CC2)c1Br. The Balaban J connectivity index is 1.72. The fraction of sp³-hybridized carbons (Fsp3) is 0.750. The van der Waals surface area contributed by atoms with Gasteiger partial charge in [-0.25, -0.2) is 9.78 Å². The lowest BCUT2D eigenvalue weighted by Crippen LogP contribution is -2.27. The van der Waals surface area contributed by atoms with Crippen LogP contribution >= 0.6 is 15.9 Å². The third kappa shape index (κ3) is 6.98. The lowest BCUT2D eigenvalue weighted by atomic mass is 10.4. The summed E-state index contributed by atoms with van der Waals surface area (Å²) in [6.07, 6.45) is 3.72. The Labute approximate surface area is 195 Å². The number of ether oxygens (including phenoxy) is 2. The third-order valence-corrected chi connectivity index (χ3v) is 9.44. The number of nitrogens with zero attached hydrogens (tertiary/aromatic N) is 5. The van der Waals surface area contributed by atoms with E-state index in [1.165, 1.54) is 4.68 Å². The highest BCUT2D eigenvalue weighted by Gasteiger charge is 2.32. The quantitative estimate of drug-likeness (QED) is 0.296. The number of aromatic nitrogens is 5. The van der Waals surface area contributed by atoms with Crippen molar-refractivity contribution in [3.05, 3.63) is 21.4 Å². The summed E-state index contributed by atoms with van der Waals surface area (Å²) in [4.78, 5) is 17.5. The average Bonchev–Trinajstić information content (AvgIpc) is 3.34. The predicted octanol–water partition coefficient (Wildman–Crippen LogP) is 4.63. The molecule has 0 saturated heterocycles. The van der Waals surface area contributed by atoms with Crippen molar-refractivity contribution < 1.29 is 9.47 Å². The predicted molar refractivity (Wildman–Crippen MR) is 132 cm³/mol. The summed E-state index contributed by atoms with van der Waals surface area (Å²) in [7, 11) is -2.29. The van der Waals surface area contributed by atoms with E-state index in [0.29, 0.717) is 24.9 Å². The monoisotopic (exact) mass is 529 g/mol. The number of rotatable bonds is 12. The molecular weight excluding hydrogens is 494 g/mol. The molecule has 31 heavy (non-hydrogen) atoms. The molecule has 0 unspecified atom stereocenters. The molecule has 0 bridgehead atoms. The second-order valence-corrected chi connectivity index (χ2v) is 22.8. The fourth-order valence-corrected chi connectivity index (χ4v) is 4.99. The third-order valence-electron chi connectivity index (χ3n) is 5.20. The molecule has 0 aromatic carbocycles. The zero-order chi connectivity index (χ0) is 22.8. The van der Waals surface area contributed by atoms with Gasteiger partial charge in [-0.2, -0.15) is 4.68 Å². The Morgan fingerprint density at radius 3 is 2.16 bits per heavy atom. The van der Waals surface area contributed by atoms with Crippen molar-refractivity contribution >= 4 is 32.1 Å². The molecule has 0 spiro atoms. The molecular formula is C20H36BrN5O3Si2. The molecule has 11 heteroatoms. The molecule has 1 saturated carbocycles. The first-order valence-electron chi connectivity index (χ1n) is 11.0. The first kappa shape index (κ1) is 24.6. The van der Waals surface area contributed by atoms with E-state index in [4.69, 9.17) is 9.47 Å². The Kier molecular flexibility index (Phi) is 7.83. The van der Waals surface area contributed by atoms with Crippen LogP contribution in [0.3, 0.4) is 0 Å². The molecule has 0 amide bonds. The normalized spacial score (nSPS) is 15.1. The molecule has 8 nitrogen and oxygen atoms in total. The zero-order valence-corrected chi connectivity index (χ0v) is 23.2. The minimum absolute atomic E-state index is 0.127. The smallest absolute Gasteiger partial charge is 0.348 e. The molecule has 1 fully saturated rings. The van der Waals surface area contributed by atoms with Gasteiger partial charge in [-0.3, -0.25) is 4.57 Å². The lowest BCUT2D eigenvalue weighted by Gasteiger charge is -2.15. The molecule has 0 radical (unpaired) electrons. The summed E-state index contributed by atoms with van der Waals surface area (Å²) in [6.45, 7) is 15.9. The maximum atomic E-state index is 13.0. The summed E-state index contributed by atoms with van der Waals surface area (Å²) < 4.78 is 17.5. The summed E-state index contributed by atoms with van der Waals surface area (Å²) in [5.74, 6) is 0.592. The minimum Gasteiger partial charge on any atom is -0.361 e. The van der Waals surface area contributed by atoms with E-state index >= 15 is 0 Å². The minimum atomic E-state index is -1.17. The van der Waals surface area contributed by atoms with E-state index in [1.807, 2.05) is 4.57 Å². The highest BCUT2D eigenvalue weighted by Crippen LogP contribution is 2.37. The standard InChI is InChI=1S/C20H36BrN5O3Si2/c1-30(2,3)11-9-28-14-24-13-22-17(18(24)21)19-23-25(15-29-10-12-31(4,5)6)20(27)26(19)16-7-8-16/h13,16H,7-12,14-15H2,1-6H3. The van der Waals surface area contributed by atoms with Gasteiger partial charge in [-0.1, -0.05) is 39.3 Å². The molecule has 1 aliphatic rings. The van der Waals surface area contributed by atoms with Crippen LogP contribution in [-0.2, 0) is 22.9 Å². The molecule has 2 aromatic rings. The highest BCUT2D eigenvalue weighted by molar-refractivity contribution is 9.10. The number of hydrogen-bond donors (Lipinski definition) is 0. The number of hydrogen-bond acceptors (Lipinski definition) is 5. The summed E-state index contributed by atoms with van der Waals surface area (Å²) in [5.41, 5.74) is 0.539. The second-order valence-electron chi connectivity index (χ2n) is 10.8. The van der Waals surface area contributed by atoms with Gasteiger partial charge in [0.2, 0.25) is 0 Å². The van der Waals surface area contributed by atoms with E-state index in [1.54, 1.807) is 10.9 Å².